The second kappa shape index (κ2) is 12.1. The number of anilines is 1. The van der Waals surface area contributed by atoms with Crippen LogP contribution in [0.4, 0.5) is 5.69 Å². The molecule has 2 aromatic heterocycles. The number of methoxy groups -OCH3 is 1. The molecule has 1 amide bonds. The van der Waals surface area contributed by atoms with Crippen molar-refractivity contribution in [3.63, 3.8) is 0 Å². The molecule has 3 atom stereocenters. The summed E-state index contributed by atoms with van der Waals surface area (Å²) in [6.07, 6.45) is 2.46. The fraction of sp³-hybridized carbons (Fsp3) is 0.353. The van der Waals surface area contributed by atoms with Crippen LogP contribution in [0.15, 0.2) is 58.3 Å². The minimum Gasteiger partial charge on any atom is -0.481 e. The SMILES string of the molecule is COc1nc(-c2cccc(-c3cccc(NC(=O)c4cn(C)c(=O)n(C)c4=O)c3C)c2C)cc2c1C(N[C@@H]1COC[C@H]1O)CC2. The van der Waals surface area contributed by atoms with Crippen molar-refractivity contribution in [1.29, 1.82) is 0 Å². The van der Waals surface area contributed by atoms with E-state index in [1.807, 2.05) is 37.3 Å². The highest BCUT2D eigenvalue weighted by molar-refractivity contribution is 6.04. The van der Waals surface area contributed by atoms with Crippen LogP contribution in [-0.2, 0) is 25.3 Å². The number of ether oxygens (including phenoxy) is 2. The van der Waals surface area contributed by atoms with Crippen molar-refractivity contribution in [3.05, 3.63) is 97.3 Å². The van der Waals surface area contributed by atoms with Crippen molar-refractivity contribution in [2.45, 2.75) is 44.9 Å². The first-order valence-electron chi connectivity index (χ1n) is 15.0. The molecule has 6 rings (SSSR count). The number of aromatic nitrogens is 3. The van der Waals surface area contributed by atoms with Gasteiger partial charge in [-0.05, 0) is 66.6 Å². The lowest BCUT2D eigenvalue weighted by molar-refractivity contribution is 0.102. The molecular weight excluding hydrogens is 574 g/mol. The van der Waals surface area contributed by atoms with E-state index in [1.165, 1.54) is 24.9 Å². The minimum atomic E-state index is -0.655. The highest BCUT2D eigenvalue weighted by Crippen LogP contribution is 2.41. The number of hydrogen-bond acceptors (Lipinski definition) is 8. The monoisotopic (exact) mass is 611 g/mol. The fourth-order valence-corrected chi connectivity index (χ4v) is 6.45. The molecule has 1 aliphatic carbocycles. The molecule has 3 heterocycles. The van der Waals surface area contributed by atoms with Crippen LogP contribution in [0.1, 0.15) is 45.1 Å². The van der Waals surface area contributed by atoms with Gasteiger partial charge in [0.2, 0.25) is 5.88 Å². The first-order valence-corrected chi connectivity index (χ1v) is 15.0. The molecule has 11 nitrogen and oxygen atoms in total. The number of aliphatic hydroxyl groups is 1. The van der Waals surface area contributed by atoms with Crippen molar-refractivity contribution in [3.8, 4) is 28.3 Å². The second-order valence-electron chi connectivity index (χ2n) is 11.8. The normalized spacial score (nSPS) is 19.0. The third kappa shape index (κ3) is 5.47. The fourth-order valence-electron chi connectivity index (χ4n) is 6.45. The zero-order valence-corrected chi connectivity index (χ0v) is 26.0. The highest BCUT2D eigenvalue weighted by atomic mass is 16.5. The molecule has 0 spiro atoms. The van der Waals surface area contributed by atoms with E-state index >= 15 is 0 Å². The average molecular weight is 612 g/mol. The quantitative estimate of drug-likeness (QED) is 0.290. The number of benzene rings is 2. The molecule has 1 fully saturated rings. The Kier molecular flexibility index (Phi) is 8.17. The van der Waals surface area contributed by atoms with E-state index in [1.54, 1.807) is 13.2 Å². The summed E-state index contributed by atoms with van der Waals surface area (Å²) in [6.45, 7) is 4.79. The van der Waals surface area contributed by atoms with Crippen LogP contribution in [0.25, 0.3) is 22.4 Å². The topological polar surface area (TPSA) is 137 Å². The second-order valence-corrected chi connectivity index (χ2v) is 11.8. The van der Waals surface area contributed by atoms with Gasteiger partial charge in [-0.3, -0.25) is 14.2 Å². The third-order valence-electron chi connectivity index (χ3n) is 8.99. The summed E-state index contributed by atoms with van der Waals surface area (Å²) in [4.78, 5) is 42.8. The van der Waals surface area contributed by atoms with Crippen LogP contribution in [-0.4, -0.2) is 57.6 Å². The lowest BCUT2D eigenvalue weighted by Gasteiger charge is -2.22. The lowest BCUT2D eigenvalue weighted by atomic mass is 9.91. The van der Waals surface area contributed by atoms with E-state index in [2.05, 4.69) is 23.6 Å². The van der Waals surface area contributed by atoms with E-state index in [-0.39, 0.29) is 17.6 Å². The number of nitrogens with zero attached hydrogens (tertiary/aromatic N) is 3. The largest absolute Gasteiger partial charge is 0.481 e. The first kappa shape index (κ1) is 30.4. The Hall–Kier alpha value is -4.58. The van der Waals surface area contributed by atoms with Gasteiger partial charge in [0.25, 0.3) is 11.5 Å². The van der Waals surface area contributed by atoms with Crippen LogP contribution >= 0.6 is 0 Å². The molecule has 4 aromatic rings. The highest BCUT2D eigenvalue weighted by Gasteiger charge is 2.34. The van der Waals surface area contributed by atoms with Crippen LogP contribution < -0.4 is 26.6 Å². The first-order chi connectivity index (χ1) is 21.6. The summed E-state index contributed by atoms with van der Waals surface area (Å²) >= 11 is 0. The van der Waals surface area contributed by atoms with Gasteiger partial charge in [-0.1, -0.05) is 30.3 Å². The Morgan fingerprint density at radius 3 is 2.47 bits per heavy atom. The molecule has 0 bridgehead atoms. The van der Waals surface area contributed by atoms with Crippen molar-refractivity contribution < 1.29 is 19.4 Å². The van der Waals surface area contributed by atoms with Crippen LogP contribution in [0.3, 0.4) is 0 Å². The minimum absolute atomic E-state index is 0.0202. The number of amides is 1. The number of carbonyl (C=O) groups is 1. The van der Waals surface area contributed by atoms with Crippen LogP contribution in [0, 0.1) is 13.8 Å². The Bertz CT molecular complexity index is 1930. The van der Waals surface area contributed by atoms with Gasteiger partial charge in [0.15, 0.2) is 0 Å². The molecule has 3 N–H and O–H groups in total. The third-order valence-corrected chi connectivity index (χ3v) is 8.99. The van der Waals surface area contributed by atoms with E-state index in [9.17, 15) is 19.5 Å². The summed E-state index contributed by atoms with van der Waals surface area (Å²) in [5, 5.41) is 16.7. The van der Waals surface area contributed by atoms with Gasteiger partial charge in [-0.25, -0.2) is 9.78 Å². The molecule has 2 aliphatic rings. The average Bonchev–Trinajstić information content (AvgIpc) is 3.64. The maximum absolute atomic E-state index is 13.2. The molecule has 2 aromatic carbocycles. The molecule has 1 saturated heterocycles. The van der Waals surface area contributed by atoms with E-state index in [0.717, 1.165) is 62.0 Å². The standard InChI is InChI=1S/C34H37N5O6/c1-18-21(22-9-7-11-25(19(22)2)36-31(41)24-15-38(3)34(43)39(4)33(24)42)8-6-10-23(18)27-14-20-12-13-26(30(20)32(37-27)44-5)35-28-16-45-17-29(28)40/h6-11,14-15,26,28-29,35,40H,12-13,16-17H2,1-5H3,(H,36,41)/t26?,28-,29-/m1/s1. The van der Waals surface area contributed by atoms with Gasteiger partial charge in [-0.15, -0.1) is 0 Å². The maximum atomic E-state index is 13.2. The predicted octanol–water partition coefficient (Wildman–Crippen LogP) is 3.03. The van der Waals surface area contributed by atoms with E-state index < -0.39 is 23.3 Å². The van der Waals surface area contributed by atoms with Gasteiger partial charge >= 0.3 is 5.69 Å². The summed E-state index contributed by atoms with van der Waals surface area (Å²) in [6, 6.07) is 13.7. The van der Waals surface area contributed by atoms with Crippen LogP contribution in [0.2, 0.25) is 0 Å². The maximum Gasteiger partial charge on any atom is 0.330 e. The molecule has 11 heteroatoms. The van der Waals surface area contributed by atoms with Gasteiger partial charge in [0.1, 0.15) is 5.56 Å². The van der Waals surface area contributed by atoms with E-state index in [0.29, 0.717) is 24.8 Å². The number of carbonyl (C=O) groups excluding carboxylic acids is 1. The van der Waals surface area contributed by atoms with Gasteiger partial charge in [0, 0.05) is 43.1 Å². The number of pyridine rings is 1. The molecule has 45 heavy (non-hydrogen) atoms. The predicted molar refractivity (Wildman–Crippen MR) is 171 cm³/mol. The molecule has 0 saturated carbocycles. The molecule has 234 valence electrons. The molecule has 1 aliphatic heterocycles. The Labute approximate surface area is 260 Å². The summed E-state index contributed by atoms with van der Waals surface area (Å²) in [7, 11) is 4.48. The molecule has 0 radical (unpaired) electrons. The number of rotatable bonds is 7. The molecule has 1 unspecified atom stereocenters. The number of hydrogen-bond donors (Lipinski definition) is 3. The smallest absolute Gasteiger partial charge is 0.330 e. The van der Waals surface area contributed by atoms with Crippen molar-refractivity contribution >= 4 is 11.6 Å². The lowest BCUT2D eigenvalue weighted by Crippen LogP contribution is -2.40. The van der Waals surface area contributed by atoms with Crippen molar-refractivity contribution in [1.82, 2.24) is 19.4 Å². The van der Waals surface area contributed by atoms with Crippen molar-refractivity contribution in [2.75, 3.05) is 25.6 Å². The Morgan fingerprint density at radius 1 is 1.04 bits per heavy atom. The number of nitrogens with one attached hydrogen (secondary N) is 2. The number of aliphatic hydroxyl groups excluding tert-OH is 1. The summed E-state index contributed by atoms with van der Waals surface area (Å²) in [5.41, 5.74) is 7.01. The zero-order chi connectivity index (χ0) is 32.0. The van der Waals surface area contributed by atoms with Crippen LogP contribution in [0.5, 0.6) is 5.88 Å². The Morgan fingerprint density at radius 2 is 1.76 bits per heavy atom. The van der Waals surface area contributed by atoms with Gasteiger partial charge < -0.3 is 29.8 Å². The van der Waals surface area contributed by atoms with Crippen molar-refractivity contribution in [2.24, 2.45) is 14.1 Å². The number of fused-ring (bicyclic) bond motifs is 1. The van der Waals surface area contributed by atoms with Gasteiger partial charge in [0.05, 0.1) is 38.2 Å². The Balaban J connectivity index is 1.32. The van der Waals surface area contributed by atoms with Gasteiger partial charge in [-0.2, -0.15) is 0 Å². The summed E-state index contributed by atoms with van der Waals surface area (Å²) in [5.74, 6) is -0.0183. The number of aryl methyl sites for hydroxylation is 2. The molecular formula is C34H37N5O6. The summed E-state index contributed by atoms with van der Waals surface area (Å²) < 4.78 is 13.4. The van der Waals surface area contributed by atoms with E-state index in [4.69, 9.17) is 14.5 Å². The zero-order valence-electron chi connectivity index (χ0n) is 26.0.